The Morgan fingerprint density at radius 1 is 1.26 bits per heavy atom. The molecule has 0 radical (unpaired) electrons. The van der Waals surface area contributed by atoms with Gasteiger partial charge in [0.2, 0.25) is 0 Å². The molecule has 23 heavy (non-hydrogen) atoms. The molecule has 0 aliphatic heterocycles. The van der Waals surface area contributed by atoms with E-state index in [2.05, 4.69) is 42.1 Å². The number of rotatable bonds is 7. The molecule has 0 bridgehead atoms. The quantitative estimate of drug-likeness (QED) is 0.561. The van der Waals surface area contributed by atoms with Crippen molar-refractivity contribution in [2.45, 2.75) is 13.3 Å². The highest BCUT2D eigenvalue weighted by molar-refractivity contribution is 8.02. The Morgan fingerprint density at radius 3 is 2.74 bits per heavy atom. The van der Waals surface area contributed by atoms with E-state index in [4.69, 9.17) is 0 Å². The van der Waals surface area contributed by atoms with Crippen LogP contribution in [0.1, 0.15) is 16.7 Å². The molecule has 0 spiro atoms. The van der Waals surface area contributed by atoms with Gasteiger partial charge in [-0.25, -0.2) is 4.39 Å². The molecule has 1 N–H and O–H groups in total. The molecule has 0 aliphatic carbocycles. The van der Waals surface area contributed by atoms with Gasteiger partial charge >= 0.3 is 0 Å². The fraction of sp³-hybridized carbons (Fsp3) is 0.211. The van der Waals surface area contributed by atoms with E-state index in [1.807, 2.05) is 12.5 Å². The number of aliphatic imine (C=N–C) groups is 1. The summed E-state index contributed by atoms with van der Waals surface area (Å²) in [6.45, 7) is 5.67. The van der Waals surface area contributed by atoms with E-state index in [0.717, 1.165) is 17.9 Å². The van der Waals surface area contributed by atoms with Gasteiger partial charge in [0.25, 0.3) is 0 Å². The molecule has 0 aliphatic rings. The van der Waals surface area contributed by atoms with Gasteiger partial charge in [-0.1, -0.05) is 24.3 Å². The number of halogens is 1. The molecule has 0 saturated heterocycles. The molecular weight excluding hydrogens is 307 g/mol. The first-order valence-electron chi connectivity index (χ1n) is 7.47. The lowest BCUT2D eigenvalue weighted by Crippen LogP contribution is -1.99. The zero-order chi connectivity index (χ0) is 16.7. The molecule has 4 heteroatoms. The van der Waals surface area contributed by atoms with Crippen molar-refractivity contribution in [3.05, 3.63) is 70.4 Å². The summed E-state index contributed by atoms with van der Waals surface area (Å²) in [6, 6.07) is 12.9. The van der Waals surface area contributed by atoms with Crippen LogP contribution in [-0.2, 0) is 6.42 Å². The molecule has 0 fully saturated rings. The lowest BCUT2D eigenvalue weighted by molar-refractivity contribution is 0.624. The van der Waals surface area contributed by atoms with Crippen molar-refractivity contribution in [3.8, 4) is 0 Å². The van der Waals surface area contributed by atoms with E-state index in [1.54, 1.807) is 30.0 Å². The predicted octanol–water partition coefficient (Wildman–Crippen LogP) is 5.15. The van der Waals surface area contributed by atoms with Gasteiger partial charge in [0.05, 0.1) is 5.70 Å². The maximum Gasteiger partial charge on any atom is 0.132 e. The average Bonchev–Trinajstić information content (AvgIpc) is 2.57. The topological polar surface area (TPSA) is 24.4 Å². The highest BCUT2D eigenvalue weighted by Crippen LogP contribution is 2.25. The summed E-state index contributed by atoms with van der Waals surface area (Å²) < 4.78 is 13.8. The van der Waals surface area contributed by atoms with Crippen LogP contribution in [0.15, 0.2) is 52.9 Å². The van der Waals surface area contributed by atoms with Crippen molar-refractivity contribution in [1.82, 2.24) is 0 Å². The second-order valence-electron chi connectivity index (χ2n) is 5.11. The number of hydrogen-bond acceptors (Lipinski definition) is 3. The van der Waals surface area contributed by atoms with Gasteiger partial charge in [0.1, 0.15) is 5.82 Å². The summed E-state index contributed by atoms with van der Waals surface area (Å²) in [4.78, 5) is 3.95. The molecule has 0 aromatic heterocycles. The van der Waals surface area contributed by atoms with E-state index in [-0.39, 0.29) is 5.82 Å². The fourth-order valence-electron chi connectivity index (χ4n) is 2.42. The Morgan fingerprint density at radius 2 is 2.04 bits per heavy atom. The largest absolute Gasteiger partial charge is 0.388 e. The van der Waals surface area contributed by atoms with Gasteiger partial charge in [0.15, 0.2) is 0 Å². The van der Waals surface area contributed by atoms with E-state index < -0.39 is 0 Å². The number of benzene rings is 2. The third-order valence-electron chi connectivity index (χ3n) is 3.66. The summed E-state index contributed by atoms with van der Waals surface area (Å²) in [6.07, 6.45) is 0.936. The van der Waals surface area contributed by atoms with E-state index in [1.165, 1.54) is 17.2 Å². The Balaban J connectivity index is 2.04. The fourth-order valence-corrected chi connectivity index (χ4v) is 3.22. The number of hydrogen-bond donors (Lipinski definition) is 1. The molecular formula is C19H21FN2S. The van der Waals surface area contributed by atoms with Crippen LogP contribution in [0.3, 0.4) is 0 Å². The highest BCUT2D eigenvalue weighted by atomic mass is 32.2. The van der Waals surface area contributed by atoms with Crippen LogP contribution in [0.25, 0.3) is 5.70 Å². The SMILES string of the molecule is C=N/C(=C\SCCc1c(C)cccc1NC)c1ccccc1F. The van der Waals surface area contributed by atoms with E-state index in [0.29, 0.717) is 11.3 Å². The van der Waals surface area contributed by atoms with Crippen LogP contribution in [0.5, 0.6) is 0 Å². The van der Waals surface area contributed by atoms with Gasteiger partial charge in [-0.2, -0.15) is 0 Å². The standard InChI is InChI=1S/C19H21FN2S/c1-14-7-6-10-18(21-2)15(14)11-12-23-13-19(22-3)16-8-4-5-9-17(16)20/h4-10,13,21H,3,11-12H2,1-2H3/b19-13-. The summed E-state index contributed by atoms with van der Waals surface area (Å²) in [5.41, 5.74) is 4.81. The molecule has 0 saturated carbocycles. The minimum atomic E-state index is -0.275. The smallest absolute Gasteiger partial charge is 0.132 e. The first-order chi connectivity index (χ1) is 11.2. The molecule has 2 rings (SSSR count). The van der Waals surface area contributed by atoms with Crippen LogP contribution >= 0.6 is 11.8 Å². The second kappa shape index (κ2) is 8.53. The van der Waals surface area contributed by atoms with E-state index in [9.17, 15) is 4.39 Å². The van der Waals surface area contributed by atoms with Crippen molar-refractivity contribution in [2.75, 3.05) is 18.1 Å². The Kier molecular flexibility index (Phi) is 6.41. The Labute approximate surface area is 141 Å². The normalized spacial score (nSPS) is 11.3. The van der Waals surface area contributed by atoms with Crippen molar-refractivity contribution in [2.24, 2.45) is 4.99 Å². The number of nitrogens with zero attached hydrogens (tertiary/aromatic N) is 1. The number of anilines is 1. The van der Waals surface area contributed by atoms with Crippen LogP contribution in [-0.4, -0.2) is 19.5 Å². The van der Waals surface area contributed by atoms with Gasteiger partial charge < -0.3 is 5.32 Å². The number of thioether (sulfide) groups is 1. The first kappa shape index (κ1) is 17.3. The Bertz CT molecular complexity index is 710. The van der Waals surface area contributed by atoms with Gasteiger partial charge in [-0.05, 0) is 54.8 Å². The predicted molar refractivity (Wildman–Crippen MR) is 101 cm³/mol. The van der Waals surface area contributed by atoms with Crippen molar-refractivity contribution < 1.29 is 4.39 Å². The maximum absolute atomic E-state index is 13.8. The maximum atomic E-state index is 13.8. The molecule has 0 unspecified atom stereocenters. The molecule has 0 amide bonds. The minimum Gasteiger partial charge on any atom is -0.388 e. The highest BCUT2D eigenvalue weighted by Gasteiger charge is 2.06. The lowest BCUT2D eigenvalue weighted by Gasteiger charge is -2.11. The third kappa shape index (κ3) is 4.45. The van der Waals surface area contributed by atoms with Gasteiger partial charge in [-0.3, -0.25) is 4.99 Å². The van der Waals surface area contributed by atoms with Crippen molar-refractivity contribution in [3.63, 3.8) is 0 Å². The van der Waals surface area contributed by atoms with E-state index >= 15 is 0 Å². The molecule has 0 atom stereocenters. The number of nitrogens with one attached hydrogen (secondary N) is 1. The molecule has 2 aromatic rings. The van der Waals surface area contributed by atoms with Crippen LogP contribution in [0.2, 0.25) is 0 Å². The van der Waals surface area contributed by atoms with Crippen molar-refractivity contribution in [1.29, 1.82) is 0 Å². The zero-order valence-corrected chi connectivity index (χ0v) is 14.3. The zero-order valence-electron chi connectivity index (χ0n) is 13.5. The summed E-state index contributed by atoms with van der Waals surface area (Å²) >= 11 is 1.62. The summed E-state index contributed by atoms with van der Waals surface area (Å²) in [5, 5.41) is 5.11. The molecule has 2 aromatic carbocycles. The van der Waals surface area contributed by atoms with Crippen LogP contribution in [0.4, 0.5) is 10.1 Å². The average molecular weight is 328 g/mol. The van der Waals surface area contributed by atoms with Crippen LogP contribution in [0, 0.1) is 12.7 Å². The summed E-state index contributed by atoms with van der Waals surface area (Å²) in [5.74, 6) is 0.621. The molecule has 0 heterocycles. The third-order valence-corrected chi connectivity index (χ3v) is 4.49. The van der Waals surface area contributed by atoms with Crippen LogP contribution < -0.4 is 5.32 Å². The molecule has 2 nitrogen and oxygen atoms in total. The first-order valence-corrected chi connectivity index (χ1v) is 8.52. The van der Waals surface area contributed by atoms with Gasteiger partial charge in [0, 0.05) is 24.1 Å². The van der Waals surface area contributed by atoms with Gasteiger partial charge in [-0.15, -0.1) is 11.8 Å². The summed E-state index contributed by atoms with van der Waals surface area (Å²) in [7, 11) is 1.93. The van der Waals surface area contributed by atoms with Crippen molar-refractivity contribution >= 4 is 29.9 Å². The second-order valence-corrected chi connectivity index (χ2v) is 6.09. The minimum absolute atomic E-state index is 0.275. The Hall–Kier alpha value is -2.07. The number of aryl methyl sites for hydroxylation is 1. The molecule has 120 valence electrons. The monoisotopic (exact) mass is 328 g/mol. The lowest BCUT2D eigenvalue weighted by atomic mass is 10.0.